The van der Waals surface area contributed by atoms with Gasteiger partial charge in [0.05, 0.1) is 5.69 Å². The Morgan fingerprint density at radius 2 is 1.71 bits per heavy atom. The van der Waals surface area contributed by atoms with E-state index >= 15 is 0 Å². The first-order valence-electron chi connectivity index (χ1n) is 9.24. The van der Waals surface area contributed by atoms with Gasteiger partial charge in [-0.3, -0.25) is 19.7 Å². The molecule has 4 rings (SSSR count). The molecule has 28 heavy (non-hydrogen) atoms. The van der Waals surface area contributed by atoms with Crippen molar-refractivity contribution in [2.75, 3.05) is 31.1 Å². The second kappa shape index (κ2) is 7.64. The van der Waals surface area contributed by atoms with Crippen molar-refractivity contribution in [3.63, 3.8) is 0 Å². The highest BCUT2D eigenvalue weighted by Gasteiger charge is 2.24. The number of hydrogen-bond donors (Lipinski definition) is 1. The maximum atomic E-state index is 12.8. The van der Waals surface area contributed by atoms with Crippen LogP contribution in [-0.4, -0.2) is 58.0 Å². The van der Waals surface area contributed by atoms with Crippen molar-refractivity contribution < 1.29 is 9.59 Å². The van der Waals surface area contributed by atoms with Crippen LogP contribution in [0.1, 0.15) is 27.8 Å². The van der Waals surface area contributed by atoms with E-state index in [-0.39, 0.29) is 11.7 Å². The van der Waals surface area contributed by atoms with Gasteiger partial charge < -0.3 is 9.80 Å². The molecule has 0 bridgehead atoms. The molecule has 1 amide bonds. The molecule has 1 fully saturated rings. The summed E-state index contributed by atoms with van der Waals surface area (Å²) in [4.78, 5) is 32.5. The van der Waals surface area contributed by atoms with Crippen molar-refractivity contribution in [1.82, 2.24) is 20.1 Å². The fourth-order valence-electron chi connectivity index (χ4n) is 3.32. The maximum absolute atomic E-state index is 12.8. The Hall–Kier alpha value is -3.48. The molecule has 2 aromatic heterocycles. The molecular weight excluding hydrogens is 354 g/mol. The molecule has 0 spiro atoms. The number of hydrogen-bond acceptors (Lipinski definition) is 5. The number of aromatic nitrogens is 3. The number of carbonyl (C=O) groups excluding carboxylic acids is 2. The second-order valence-electron chi connectivity index (χ2n) is 6.76. The summed E-state index contributed by atoms with van der Waals surface area (Å²) in [6.45, 7) is 4.31. The number of piperazine rings is 1. The van der Waals surface area contributed by atoms with E-state index in [2.05, 4.69) is 20.1 Å². The van der Waals surface area contributed by atoms with Gasteiger partial charge in [-0.05, 0) is 49.4 Å². The maximum Gasteiger partial charge on any atom is 0.272 e. The van der Waals surface area contributed by atoms with Gasteiger partial charge in [-0.2, -0.15) is 5.10 Å². The lowest BCUT2D eigenvalue weighted by molar-refractivity contribution is 0.0740. The van der Waals surface area contributed by atoms with Crippen LogP contribution >= 0.6 is 0 Å². The van der Waals surface area contributed by atoms with E-state index in [0.29, 0.717) is 30.0 Å². The molecule has 1 aromatic carbocycles. The Bertz CT molecular complexity index is 974. The van der Waals surface area contributed by atoms with Crippen LogP contribution in [0.5, 0.6) is 0 Å². The summed E-state index contributed by atoms with van der Waals surface area (Å²) in [6.07, 6.45) is 1.70. The zero-order valence-electron chi connectivity index (χ0n) is 15.6. The van der Waals surface area contributed by atoms with Gasteiger partial charge in [0.1, 0.15) is 11.4 Å². The van der Waals surface area contributed by atoms with E-state index in [0.717, 1.165) is 24.5 Å². The van der Waals surface area contributed by atoms with Gasteiger partial charge in [-0.1, -0.05) is 6.07 Å². The van der Waals surface area contributed by atoms with Gasteiger partial charge in [0.15, 0.2) is 5.78 Å². The molecule has 1 saturated heterocycles. The zero-order valence-corrected chi connectivity index (χ0v) is 15.6. The molecule has 1 aliphatic rings. The first kappa shape index (κ1) is 17.9. The highest BCUT2D eigenvalue weighted by atomic mass is 16.2. The molecule has 1 aliphatic heterocycles. The topological polar surface area (TPSA) is 82.2 Å². The summed E-state index contributed by atoms with van der Waals surface area (Å²) < 4.78 is 0. The Morgan fingerprint density at radius 1 is 0.964 bits per heavy atom. The number of pyridine rings is 1. The first-order valence-corrected chi connectivity index (χ1v) is 9.24. The van der Waals surface area contributed by atoms with E-state index in [1.54, 1.807) is 19.2 Å². The Balaban J connectivity index is 1.39. The number of ketones is 1. The van der Waals surface area contributed by atoms with Crippen molar-refractivity contribution in [2.24, 2.45) is 0 Å². The number of Topliss-reactive ketones (excluding diaryl/α,β-unsaturated/α-hetero) is 1. The van der Waals surface area contributed by atoms with E-state index in [1.165, 1.54) is 0 Å². The number of H-pyrrole nitrogens is 1. The number of carbonyl (C=O) groups is 2. The molecule has 0 unspecified atom stereocenters. The molecule has 7 nitrogen and oxygen atoms in total. The molecule has 3 heterocycles. The average Bonchev–Trinajstić information content (AvgIpc) is 3.24. The monoisotopic (exact) mass is 375 g/mol. The van der Waals surface area contributed by atoms with Crippen LogP contribution in [0.3, 0.4) is 0 Å². The number of benzene rings is 1. The summed E-state index contributed by atoms with van der Waals surface area (Å²) in [6, 6.07) is 15.0. The standard InChI is InChI=1S/C21H21N5O2/c1-15(27)16-5-7-17(8-6-16)25-10-12-26(13-11-25)21(28)20-14-19(23-24-20)18-4-2-3-9-22-18/h2-9,14H,10-13H2,1H3,(H,23,24). The minimum atomic E-state index is -0.0544. The van der Waals surface area contributed by atoms with Crippen molar-refractivity contribution in [3.8, 4) is 11.4 Å². The third kappa shape index (κ3) is 3.64. The van der Waals surface area contributed by atoms with Crippen LogP contribution in [0.4, 0.5) is 5.69 Å². The third-order valence-corrected chi connectivity index (χ3v) is 4.94. The van der Waals surface area contributed by atoms with Crippen LogP contribution in [0, 0.1) is 0 Å². The van der Waals surface area contributed by atoms with E-state index < -0.39 is 0 Å². The zero-order chi connectivity index (χ0) is 19.5. The molecule has 0 atom stereocenters. The summed E-state index contributed by atoms with van der Waals surface area (Å²) in [5, 5.41) is 7.05. The molecule has 0 saturated carbocycles. The minimum Gasteiger partial charge on any atom is -0.368 e. The van der Waals surface area contributed by atoms with Crippen molar-refractivity contribution in [1.29, 1.82) is 0 Å². The van der Waals surface area contributed by atoms with E-state index in [4.69, 9.17) is 0 Å². The van der Waals surface area contributed by atoms with E-state index in [9.17, 15) is 9.59 Å². The fraction of sp³-hybridized carbons (Fsp3) is 0.238. The average molecular weight is 375 g/mol. The highest BCUT2D eigenvalue weighted by molar-refractivity contribution is 5.94. The Kier molecular flexibility index (Phi) is 4.89. The predicted molar refractivity (Wildman–Crippen MR) is 106 cm³/mol. The molecular formula is C21H21N5O2. The van der Waals surface area contributed by atoms with Crippen LogP contribution in [0.2, 0.25) is 0 Å². The number of aromatic amines is 1. The fourth-order valence-corrected chi connectivity index (χ4v) is 3.32. The lowest BCUT2D eigenvalue weighted by Crippen LogP contribution is -2.48. The van der Waals surface area contributed by atoms with Crippen molar-refractivity contribution >= 4 is 17.4 Å². The van der Waals surface area contributed by atoms with E-state index in [1.807, 2.05) is 47.4 Å². The number of amides is 1. The number of anilines is 1. The van der Waals surface area contributed by atoms with Gasteiger partial charge >= 0.3 is 0 Å². The van der Waals surface area contributed by atoms with Crippen LogP contribution in [0.25, 0.3) is 11.4 Å². The van der Waals surface area contributed by atoms with Gasteiger partial charge in [0.25, 0.3) is 5.91 Å². The summed E-state index contributed by atoms with van der Waals surface area (Å²) in [5.41, 5.74) is 3.64. The lowest BCUT2D eigenvalue weighted by atomic mass is 10.1. The number of nitrogens with one attached hydrogen (secondary N) is 1. The predicted octanol–water partition coefficient (Wildman–Crippen LogP) is 2.64. The summed E-state index contributed by atoms with van der Waals surface area (Å²) >= 11 is 0. The lowest BCUT2D eigenvalue weighted by Gasteiger charge is -2.36. The van der Waals surface area contributed by atoms with Crippen LogP contribution in [0.15, 0.2) is 54.7 Å². The summed E-state index contributed by atoms with van der Waals surface area (Å²) in [7, 11) is 0. The highest BCUT2D eigenvalue weighted by Crippen LogP contribution is 2.19. The first-order chi connectivity index (χ1) is 13.6. The van der Waals surface area contributed by atoms with Crippen molar-refractivity contribution in [3.05, 3.63) is 66.0 Å². The Morgan fingerprint density at radius 3 is 2.36 bits per heavy atom. The van der Waals surface area contributed by atoms with Gasteiger partial charge in [-0.15, -0.1) is 0 Å². The molecule has 0 aliphatic carbocycles. The largest absolute Gasteiger partial charge is 0.368 e. The van der Waals surface area contributed by atoms with Crippen LogP contribution < -0.4 is 4.90 Å². The molecule has 3 aromatic rings. The third-order valence-electron chi connectivity index (χ3n) is 4.94. The van der Waals surface area contributed by atoms with Gasteiger partial charge in [0, 0.05) is 43.6 Å². The number of rotatable bonds is 4. The summed E-state index contributed by atoms with van der Waals surface area (Å²) in [5.74, 6) is 0.00727. The van der Waals surface area contributed by atoms with Crippen molar-refractivity contribution in [2.45, 2.75) is 6.92 Å². The Labute approximate surface area is 163 Å². The molecule has 7 heteroatoms. The van der Waals surface area contributed by atoms with Gasteiger partial charge in [-0.25, -0.2) is 0 Å². The minimum absolute atomic E-state index is 0.0544. The molecule has 142 valence electrons. The second-order valence-corrected chi connectivity index (χ2v) is 6.76. The smallest absolute Gasteiger partial charge is 0.272 e. The SMILES string of the molecule is CC(=O)c1ccc(N2CCN(C(=O)c3cc(-c4ccccn4)n[nH]3)CC2)cc1. The quantitative estimate of drug-likeness (QED) is 0.709. The molecule has 0 radical (unpaired) electrons. The molecule has 1 N–H and O–H groups in total. The number of nitrogens with zero attached hydrogens (tertiary/aromatic N) is 4. The normalized spacial score (nSPS) is 14.2. The van der Waals surface area contributed by atoms with Crippen LogP contribution in [-0.2, 0) is 0 Å². The van der Waals surface area contributed by atoms with Gasteiger partial charge in [0.2, 0.25) is 0 Å².